The van der Waals surface area contributed by atoms with Crippen LogP contribution in [0.25, 0.3) is 0 Å². The molecule has 2 aliphatic heterocycles. The largest absolute Gasteiger partial charge is 0.466 e. The number of aryl methyl sites for hydroxylation is 2. The summed E-state index contributed by atoms with van der Waals surface area (Å²) in [6.07, 6.45) is -0.137. The molecule has 0 N–H and O–H groups in total. The molecule has 1 spiro atoms. The SMILES string of the molecule is Cc1cc(C(=O)N2CC(F)(F)C[C@@]3(CCN(C)C3=O)C2)c(C)o1. The van der Waals surface area contributed by atoms with Gasteiger partial charge in [-0.1, -0.05) is 0 Å². The van der Waals surface area contributed by atoms with Crippen molar-refractivity contribution in [3.63, 3.8) is 0 Å². The second-order valence-corrected chi connectivity index (χ2v) is 6.78. The van der Waals surface area contributed by atoms with Crippen LogP contribution in [0.3, 0.4) is 0 Å². The van der Waals surface area contributed by atoms with Gasteiger partial charge in [-0.25, -0.2) is 8.78 Å². The number of carbonyl (C=O) groups excluding carboxylic acids is 2. The highest BCUT2D eigenvalue weighted by Crippen LogP contribution is 2.45. The van der Waals surface area contributed by atoms with Crippen LogP contribution in [0.2, 0.25) is 0 Å². The fourth-order valence-electron chi connectivity index (χ4n) is 3.77. The fraction of sp³-hybridized carbons (Fsp3) is 0.625. The van der Waals surface area contributed by atoms with Crippen molar-refractivity contribution in [2.75, 3.05) is 26.7 Å². The van der Waals surface area contributed by atoms with Gasteiger partial charge in [0.25, 0.3) is 11.8 Å². The maximum Gasteiger partial charge on any atom is 0.266 e. The lowest BCUT2D eigenvalue weighted by molar-refractivity contribution is -0.150. The zero-order chi connectivity index (χ0) is 17.0. The average molecular weight is 326 g/mol. The molecule has 2 aliphatic rings. The normalized spacial score (nSPS) is 27.1. The first kappa shape index (κ1) is 16.0. The number of likely N-dealkylation sites (tertiary alicyclic amines) is 2. The third kappa shape index (κ3) is 2.62. The minimum absolute atomic E-state index is 0.0360. The Labute approximate surface area is 133 Å². The molecule has 0 aliphatic carbocycles. The maximum atomic E-state index is 14.2. The number of rotatable bonds is 1. The first-order chi connectivity index (χ1) is 10.6. The van der Waals surface area contributed by atoms with Crippen LogP contribution in [0, 0.1) is 19.3 Å². The van der Waals surface area contributed by atoms with E-state index in [2.05, 4.69) is 0 Å². The van der Waals surface area contributed by atoms with E-state index >= 15 is 0 Å². The van der Waals surface area contributed by atoms with Gasteiger partial charge in [-0.3, -0.25) is 9.59 Å². The second kappa shape index (κ2) is 5.04. The number of halogens is 2. The van der Waals surface area contributed by atoms with E-state index in [4.69, 9.17) is 4.42 Å². The van der Waals surface area contributed by atoms with Crippen LogP contribution >= 0.6 is 0 Å². The summed E-state index contributed by atoms with van der Waals surface area (Å²) in [5.41, 5.74) is -0.882. The summed E-state index contributed by atoms with van der Waals surface area (Å²) >= 11 is 0. The Kier molecular flexibility index (Phi) is 3.50. The van der Waals surface area contributed by atoms with E-state index in [9.17, 15) is 18.4 Å². The highest BCUT2D eigenvalue weighted by Gasteiger charge is 2.57. The molecule has 7 heteroatoms. The fourth-order valence-corrected chi connectivity index (χ4v) is 3.77. The van der Waals surface area contributed by atoms with E-state index in [0.717, 1.165) is 4.90 Å². The van der Waals surface area contributed by atoms with Gasteiger partial charge >= 0.3 is 0 Å². The van der Waals surface area contributed by atoms with E-state index in [-0.39, 0.29) is 18.0 Å². The number of hydrogen-bond acceptors (Lipinski definition) is 3. The molecule has 5 nitrogen and oxygen atoms in total. The Morgan fingerprint density at radius 1 is 1.30 bits per heavy atom. The molecule has 2 fully saturated rings. The molecule has 3 heterocycles. The zero-order valence-electron chi connectivity index (χ0n) is 13.5. The van der Waals surface area contributed by atoms with Crippen LogP contribution in [0.4, 0.5) is 8.78 Å². The number of alkyl halides is 2. The van der Waals surface area contributed by atoms with Gasteiger partial charge < -0.3 is 14.2 Å². The Morgan fingerprint density at radius 2 is 2.00 bits per heavy atom. The van der Waals surface area contributed by atoms with Crippen molar-refractivity contribution in [1.29, 1.82) is 0 Å². The van der Waals surface area contributed by atoms with Crippen molar-refractivity contribution in [3.8, 4) is 0 Å². The molecule has 23 heavy (non-hydrogen) atoms. The molecule has 2 saturated heterocycles. The molecule has 1 aromatic rings. The highest BCUT2D eigenvalue weighted by molar-refractivity contribution is 5.96. The van der Waals surface area contributed by atoms with Crippen LogP contribution in [0.5, 0.6) is 0 Å². The standard InChI is InChI=1S/C16H20F2N2O3/c1-10-6-12(11(2)23-10)13(21)20-8-15(7-16(17,18)9-20)4-5-19(3)14(15)22/h6H,4-5,7-9H2,1-3H3/t15-/m0/s1. The summed E-state index contributed by atoms with van der Waals surface area (Å²) in [7, 11) is 1.61. The van der Waals surface area contributed by atoms with Crippen molar-refractivity contribution < 1.29 is 22.8 Å². The van der Waals surface area contributed by atoms with Gasteiger partial charge in [-0.05, 0) is 26.3 Å². The van der Waals surface area contributed by atoms with E-state index in [1.165, 1.54) is 4.90 Å². The van der Waals surface area contributed by atoms with Crippen LogP contribution in [0.1, 0.15) is 34.7 Å². The number of piperidine rings is 1. The van der Waals surface area contributed by atoms with Gasteiger partial charge in [0.05, 0.1) is 17.5 Å². The van der Waals surface area contributed by atoms with E-state index in [1.54, 1.807) is 27.0 Å². The lowest BCUT2D eigenvalue weighted by Gasteiger charge is -2.42. The van der Waals surface area contributed by atoms with Crippen LogP contribution < -0.4 is 0 Å². The lowest BCUT2D eigenvalue weighted by atomic mass is 9.76. The predicted molar refractivity (Wildman–Crippen MR) is 78.3 cm³/mol. The third-order valence-corrected chi connectivity index (χ3v) is 4.80. The minimum atomic E-state index is -3.07. The molecule has 1 atom stereocenters. The highest BCUT2D eigenvalue weighted by atomic mass is 19.3. The second-order valence-electron chi connectivity index (χ2n) is 6.78. The molecule has 0 saturated carbocycles. The average Bonchev–Trinajstić information content (AvgIpc) is 2.91. The quantitative estimate of drug-likeness (QED) is 0.795. The van der Waals surface area contributed by atoms with E-state index < -0.39 is 30.2 Å². The van der Waals surface area contributed by atoms with Crippen LogP contribution in [-0.4, -0.2) is 54.2 Å². The molecule has 0 bridgehead atoms. The predicted octanol–water partition coefficient (Wildman–Crippen LogP) is 2.23. The topological polar surface area (TPSA) is 53.8 Å². The number of amides is 2. The summed E-state index contributed by atoms with van der Waals surface area (Å²) < 4.78 is 33.8. The molecular formula is C16H20F2N2O3. The van der Waals surface area contributed by atoms with Gasteiger partial charge in [0.2, 0.25) is 5.91 Å². The van der Waals surface area contributed by atoms with Crippen molar-refractivity contribution in [1.82, 2.24) is 9.80 Å². The van der Waals surface area contributed by atoms with Crippen LogP contribution in [0.15, 0.2) is 10.5 Å². The minimum Gasteiger partial charge on any atom is -0.466 e. The van der Waals surface area contributed by atoms with E-state index in [1.807, 2.05) is 0 Å². The molecule has 3 rings (SSSR count). The number of nitrogens with zero attached hydrogens (tertiary/aromatic N) is 2. The first-order valence-electron chi connectivity index (χ1n) is 7.63. The first-order valence-corrected chi connectivity index (χ1v) is 7.63. The molecule has 2 amide bonds. The molecule has 0 radical (unpaired) electrons. The molecule has 1 aromatic heterocycles. The van der Waals surface area contributed by atoms with Gasteiger partial charge in [0, 0.05) is 26.6 Å². The summed E-state index contributed by atoms with van der Waals surface area (Å²) in [6.45, 7) is 3.15. The Hall–Kier alpha value is -1.92. The summed E-state index contributed by atoms with van der Waals surface area (Å²) in [5, 5.41) is 0. The van der Waals surface area contributed by atoms with Crippen molar-refractivity contribution in [2.45, 2.75) is 32.6 Å². The molecule has 126 valence electrons. The monoisotopic (exact) mass is 326 g/mol. The van der Waals surface area contributed by atoms with Crippen molar-refractivity contribution in [3.05, 3.63) is 23.2 Å². The van der Waals surface area contributed by atoms with Crippen molar-refractivity contribution in [2.24, 2.45) is 5.41 Å². The van der Waals surface area contributed by atoms with Gasteiger partial charge in [-0.2, -0.15) is 0 Å². The molecule has 0 unspecified atom stereocenters. The summed E-state index contributed by atoms with van der Waals surface area (Å²) in [5.74, 6) is -2.90. The number of hydrogen-bond donors (Lipinski definition) is 0. The smallest absolute Gasteiger partial charge is 0.266 e. The van der Waals surface area contributed by atoms with Gasteiger partial charge in [0.15, 0.2) is 0 Å². The third-order valence-electron chi connectivity index (χ3n) is 4.80. The molecule has 0 aromatic carbocycles. The molecular weight excluding hydrogens is 306 g/mol. The van der Waals surface area contributed by atoms with Crippen molar-refractivity contribution >= 4 is 11.8 Å². The Bertz CT molecular complexity index is 670. The Balaban J connectivity index is 1.92. The maximum absolute atomic E-state index is 14.2. The summed E-state index contributed by atoms with van der Waals surface area (Å²) in [6, 6.07) is 1.56. The zero-order valence-corrected chi connectivity index (χ0v) is 13.5. The van der Waals surface area contributed by atoms with Crippen LogP contribution in [-0.2, 0) is 4.79 Å². The Morgan fingerprint density at radius 3 is 2.52 bits per heavy atom. The summed E-state index contributed by atoms with van der Waals surface area (Å²) in [4.78, 5) is 27.6. The number of carbonyl (C=O) groups is 2. The van der Waals surface area contributed by atoms with Gasteiger partial charge in [0.1, 0.15) is 11.5 Å². The van der Waals surface area contributed by atoms with Gasteiger partial charge in [-0.15, -0.1) is 0 Å². The van der Waals surface area contributed by atoms with E-state index in [0.29, 0.717) is 24.5 Å². The number of furan rings is 1. The lowest BCUT2D eigenvalue weighted by Crippen LogP contribution is -2.57.